The van der Waals surface area contributed by atoms with Crippen molar-refractivity contribution in [1.29, 1.82) is 0 Å². The van der Waals surface area contributed by atoms with Gasteiger partial charge in [-0.15, -0.1) is 10.2 Å². The number of hydrogen-bond donors (Lipinski definition) is 2. The normalized spacial score (nSPS) is 10.3. The molecule has 25 heavy (non-hydrogen) atoms. The van der Waals surface area contributed by atoms with Gasteiger partial charge in [0.05, 0.1) is 0 Å². The zero-order chi connectivity index (χ0) is 17.5. The largest absolute Gasteiger partial charge is 0.365 e. The summed E-state index contributed by atoms with van der Waals surface area (Å²) in [4.78, 5) is 16.0. The Labute approximate surface area is 144 Å². The molecule has 0 bridgehead atoms. The lowest BCUT2D eigenvalue weighted by atomic mass is 10.2. The van der Waals surface area contributed by atoms with E-state index in [0.717, 1.165) is 5.56 Å². The van der Waals surface area contributed by atoms with Crippen LogP contribution in [0.15, 0.2) is 60.9 Å². The van der Waals surface area contributed by atoms with Gasteiger partial charge < -0.3 is 10.6 Å². The Balaban J connectivity index is 1.54. The quantitative estimate of drug-likeness (QED) is 0.723. The second-order valence-electron chi connectivity index (χ2n) is 5.29. The molecule has 1 aromatic carbocycles. The van der Waals surface area contributed by atoms with E-state index in [9.17, 15) is 9.18 Å². The van der Waals surface area contributed by atoms with Crippen molar-refractivity contribution in [3.05, 3.63) is 83.6 Å². The summed E-state index contributed by atoms with van der Waals surface area (Å²) >= 11 is 0. The van der Waals surface area contributed by atoms with Gasteiger partial charge in [-0.1, -0.05) is 18.2 Å². The molecular weight excluding hydrogens is 321 g/mol. The fourth-order valence-electron chi connectivity index (χ4n) is 2.15. The number of nitrogens with zero attached hydrogens (tertiary/aromatic N) is 3. The fraction of sp³-hybridized carbons (Fsp3) is 0.111. The minimum absolute atomic E-state index is 0.0925. The Kier molecular flexibility index (Phi) is 5.26. The number of benzene rings is 1. The molecule has 2 N–H and O–H groups in total. The first-order chi connectivity index (χ1) is 12.2. The number of amides is 1. The summed E-state index contributed by atoms with van der Waals surface area (Å²) in [6.07, 6.45) is 3.43. The molecule has 6 nitrogen and oxygen atoms in total. The van der Waals surface area contributed by atoms with Crippen molar-refractivity contribution < 1.29 is 9.18 Å². The molecule has 3 rings (SSSR count). The van der Waals surface area contributed by atoms with Crippen LogP contribution in [0.3, 0.4) is 0 Å². The molecule has 3 aromatic rings. The van der Waals surface area contributed by atoms with Gasteiger partial charge in [0.15, 0.2) is 5.69 Å². The Bertz CT molecular complexity index is 840. The third-order valence-electron chi connectivity index (χ3n) is 3.52. The van der Waals surface area contributed by atoms with E-state index in [1.807, 2.05) is 12.1 Å². The molecule has 0 aliphatic heterocycles. The molecule has 7 heteroatoms. The van der Waals surface area contributed by atoms with Gasteiger partial charge >= 0.3 is 0 Å². The van der Waals surface area contributed by atoms with Crippen LogP contribution in [0.25, 0.3) is 0 Å². The summed E-state index contributed by atoms with van der Waals surface area (Å²) in [7, 11) is 0. The number of rotatable bonds is 6. The summed E-state index contributed by atoms with van der Waals surface area (Å²) in [6, 6.07) is 13.3. The molecule has 2 aromatic heterocycles. The number of halogens is 1. The van der Waals surface area contributed by atoms with Crippen LogP contribution in [-0.4, -0.2) is 21.1 Å². The SMILES string of the molecule is O=C(NCc1ccccc1F)c1ccc(NCc2ccncc2)nn1. The van der Waals surface area contributed by atoms with E-state index in [0.29, 0.717) is 17.9 Å². The van der Waals surface area contributed by atoms with Gasteiger partial charge in [0, 0.05) is 31.0 Å². The van der Waals surface area contributed by atoms with Crippen LogP contribution >= 0.6 is 0 Å². The summed E-state index contributed by atoms with van der Waals surface area (Å²) in [6.45, 7) is 0.672. The van der Waals surface area contributed by atoms with Gasteiger partial charge in [0.25, 0.3) is 5.91 Å². The highest BCUT2D eigenvalue weighted by Gasteiger charge is 2.09. The number of carbonyl (C=O) groups is 1. The molecule has 0 saturated heterocycles. The van der Waals surface area contributed by atoms with Crippen LogP contribution in [0.2, 0.25) is 0 Å². The highest BCUT2D eigenvalue weighted by atomic mass is 19.1. The van der Waals surface area contributed by atoms with Crippen molar-refractivity contribution in [1.82, 2.24) is 20.5 Å². The van der Waals surface area contributed by atoms with Gasteiger partial charge in [-0.2, -0.15) is 0 Å². The third-order valence-corrected chi connectivity index (χ3v) is 3.52. The van der Waals surface area contributed by atoms with Gasteiger partial charge in [-0.05, 0) is 35.9 Å². The standard InChI is InChI=1S/C18H16FN5O/c19-15-4-2-1-3-14(15)12-22-18(25)16-5-6-17(24-23-16)21-11-13-7-9-20-10-8-13/h1-10H,11-12H2,(H,21,24)(H,22,25). The number of anilines is 1. The minimum atomic E-state index is -0.406. The molecule has 0 unspecified atom stereocenters. The summed E-state index contributed by atoms with van der Waals surface area (Å²) in [5, 5.41) is 13.6. The van der Waals surface area contributed by atoms with E-state index in [-0.39, 0.29) is 18.1 Å². The number of hydrogen-bond acceptors (Lipinski definition) is 5. The first kappa shape index (κ1) is 16.5. The van der Waals surface area contributed by atoms with E-state index >= 15 is 0 Å². The molecule has 0 aliphatic carbocycles. The van der Waals surface area contributed by atoms with Crippen LogP contribution in [0, 0.1) is 5.82 Å². The van der Waals surface area contributed by atoms with Crippen LogP contribution in [0.1, 0.15) is 21.6 Å². The molecule has 2 heterocycles. The van der Waals surface area contributed by atoms with Crippen LogP contribution in [0.5, 0.6) is 0 Å². The Morgan fingerprint density at radius 3 is 2.48 bits per heavy atom. The predicted molar refractivity (Wildman–Crippen MR) is 91.2 cm³/mol. The first-order valence-electron chi connectivity index (χ1n) is 7.70. The number of aromatic nitrogens is 3. The van der Waals surface area contributed by atoms with Crippen molar-refractivity contribution in [3.63, 3.8) is 0 Å². The Morgan fingerprint density at radius 2 is 1.76 bits per heavy atom. The molecule has 0 atom stereocenters. The van der Waals surface area contributed by atoms with Gasteiger partial charge in [0.2, 0.25) is 0 Å². The second kappa shape index (κ2) is 7.96. The van der Waals surface area contributed by atoms with Crippen molar-refractivity contribution in [3.8, 4) is 0 Å². The third kappa shape index (κ3) is 4.57. The minimum Gasteiger partial charge on any atom is -0.365 e. The number of pyridine rings is 1. The zero-order valence-electron chi connectivity index (χ0n) is 13.3. The Hall–Kier alpha value is -3.35. The highest BCUT2D eigenvalue weighted by Crippen LogP contribution is 2.07. The molecule has 1 amide bonds. The van der Waals surface area contributed by atoms with Crippen LogP contribution < -0.4 is 10.6 Å². The molecule has 0 fully saturated rings. The predicted octanol–water partition coefficient (Wildman–Crippen LogP) is 2.55. The maximum absolute atomic E-state index is 13.5. The highest BCUT2D eigenvalue weighted by molar-refractivity contribution is 5.92. The smallest absolute Gasteiger partial charge is 0.272 e. The van der Waals surface area contributed by atoms with Crippen LogP contribution in [-0.2, 0) is 13.1 Å². The van der Waals surface area contributed by atoms with Crippen molar-refractivity contribution in [2.24, 2.45) is 0 Å². The molecule has 0 aliphatic rings. The summed E-state index contributed by atoms with van der Waals surface area (Å²) < 4.78 is 13.5. The number of carbonyl (C=O) groups excluding carboxylic acids is 1. The maximum Gasteiger partial charge on any atom is 0.272 e. The van der Waals surface area contributed by atoms with E-state index in [1.165, 1.54) is 6.07 Å². The zero-order valence-corrected chi connectivity index (χ0v) is 13.3. The lowest BCUT2D eigenvalue weighted by molar-refractivity contribution is 0.0944. The average Bonchev–Trinajstić information content (AvgIpc) is 2.67. The lowest BCUT2D eigenvalue weighted by Crippen LogP contribution is -2.24. The average molecular weight is 337 g/mol. The summed E-state index contributed by atoms with van der Waals surface area (Å²) in [5.74, 6) is -0.205. The van der Waals surface area contributed by atoms with E-state index in [4.69, 9.17) is 0 Å². The fourth-order valence-corrected chi connectivity index (χ4v) is 2.15. The lowest BCUT2D eigenvalue weighted by Gasteiger charge is -2.07. The van der Waals surface area contributed by atoms with Crippen LogP contribution in [0.4, 0.5) is 10.2 Å². The monoisotopic (exact) mass is 337 g/mol. The molecule has 0 spiro atoms. The molecular formula is C18H16FN5O. The first-order valence-corrected chi connectivity index (χ1v) is 7.70. The Morgan fingerprint density at radius 1 is 0.960 bits per heavy atom. The molecule has 126 valence electrons. The molecule has 0 saturated carbocycles. The van der Waals surface area contributed by atoms with Crippen molar-refractivity contribution >= 4 is 11.7 Å². The number of nitrogens with one attached hydrogen (secondary N) is 2. The maximum atomic E-state index is 13.5. The van der Waals surface area contributed by atoms with E-state index < -0.39 is 5.91 Å². The van der Waals surface area contributed by atoms with E-state index in [1.54, 1.807) is 42.7 Å². The van der Waals surface area contributed by atoms with Crippen molar-refractivity contribution in [2.75, 3.05) is 5.32 Å². The summed E-state index contributed by atoms with van der Waals surface area (Å²) in [5.41, 5.74) is 1.65. The van der Waals surface area contributed by atoms with Gasteiger partial charge in [-0.25, -0.2) is 4.39 Å². The second-order valence-corrected chi connectivity index (χ2v) is 5.29. The van der Waals surface area contributed by atoms with E-state index in [2.05, 4.69) is 25.8 Å². The van der Waals surface area contributed by atoms with Gasteiger partial charge in [0.1, 0.15) is 11.6 Å². The molecule has 0 radical (unpaired) electrons. The van der Waals surface area contributed by atoms with Crippen molar-refractivity contribution in [2.45, 2.75) is 13.1 Å². The topological polar surface area (TPSA) is 79.8 Å². The van der Waals surface area contributed by atoms with Gasteiger partial charge in [-0.3, -0.25) is 9.78 Å².